The van der Waals surface area contributed by atoms with E-state index < -0.39 is 15.7 Å². The van der Waals surface area contributed by atoms with Gasteiger partial charge in [0.05, 0.1) is 42.0 Å². The van der Waals surface area contributed by atoms with Crippen molar-refractivity contribution in [3.63, 3.8) is 0 Å². The maximum Gasteiger partial charge on any atom is 0.234 e. The normalized spacial score (nSPS) is 13.2. The molecule has 0 aliphatic carbocycles. The molecule has 8 nitrogen and oxygen atoms in total. The van der Waals surface area contributed by atoms with E-state index in [1.165, 1.54) is 38.1 Å². The molecule has 2 N–H and O–H groups in total. The van der Waals surface area contributed by atoms with Crippen molar-refractivity contribution < 1.29 is 27.5 Å². The average molecular weight is 437 g/mol. The van der Waals surface area contributed by atoms with E-state index in [9.17, 15) is 18.0 Å². The SMILES string of the molecule is COc1ccc(NC(=O)CCS(=O)(=O)c2ccc3c(c2)SCC(=O)N3)c(OC)c1. The van der Waals surface area contributed by atoms with E-state index in [0.717, 1.165) is 0 Å². The summed E-state index contributed by atoms with van der Waals surface area (Å²) < 4.78 is 35.6. The molecule has 0 spiro atoms. The van der Waals surface area contributed by atoms with Crippen LogP contribution < -0.4 is 20.1 Å². The molecule has 154 valence electrons. The van der Waals surface area contributed by atoms with Gasteiger partial charge in [0.1, 0.15) is 11.5 Å². The zero-order valence-electron chi connectivity index (χ0n) is 15.9. The van der Waals surface area contributed by atoms with E-state index in [1.807, 2.05) is 0 Å². The summed E-state index contributed by atoms with van der Waals surface area (Å²) in [6.45, 7) is 0. The molecule has 10 heteroatoms. The summed E-state index contributed by atoms with van der Waals surface area (Å²) >= 11 is 1.28. The van der Waals surface area contributed by atoms with Gasteiger partial charge in [0.15, 0.2) is 9.84 Å². The molecule has 29 heavy (non-hydrogen) atoms. The van der Waals surface area contributed by atoms with Gasteiger partial charge in [0.25, 0.3) is 0 Å². The van der Waals surface area contributed by atoms with E-state index in [-0.39, 0.29) is 28.7 Å². The lowest BCUT2D eigenvalue weighted by atomic mass is 10.2. The van der Waals surface area contributed by atoms with Gasteiger partial charge >= 0.3 is 0 Å². The van der Waals surface area contributed by atoms with Gasteiger partial charge in [0, 0.05) is 17.4 Å². The van der Waals surface area contributed by atoms with Crippen LogP contribution in [0.4, 0.5) is 11.4 Å². The molecule has 2 aromatic rings. The zero-order valence-corrected chi connectivity index (χ0v) is 17.5. The largest absolute Gasteiger partial charge is 0.497 e. The molecule has 1 heterocycles. The molecule has 2 amide bonds. The summed E-state index contributed by atoms with van der Waals surface area (Å²) in [7, 11) is -0.677. The van der Waals surface area contributed by atoms with Crippen LogP contribution in [0, 0.1) is 0 Å². The molecule has 1 aliphatic heterocycles. The number of carbonyl (C=O) groups is 2. The van der Waals surface area contributed by atoms with Crippen LogP contribution in [0.2, 0.25) is 0 Å². The van der Waals surface area contributed by atoms with Crippen molar-refractivity contribution in [2.75, 3.05) is 36.4 Å². The van der Waals surface area contributed by atoms with Gasteiger partial charge in [-0.3, -0.25) is 9.59 Å². The van der Waals surface area contributed by atoms with Gasteiger partial charge in [-0.05, 0) is 30.3 Å². The molecule has 0 aromatic heterocycles. The van der Waals surface area contributed by atoms with Gasteiger partial charge in [-0.1, -0.05) is 0 Å². The Hall–Kier alpha value is -2.72. The van der Waals surface area contributed by atoms with Crippen LogP contribution in [-0.4, -0.2) is 46.0 Å². The van der Waals surface area contributed by atoms with Gasteiger partial charge in [-0.2, -0.15) is 0 Å². The van der Waals surface area contributed by atoms with Crippen molar-refractivity contribution in [1.29, 1.82) is 0 Å². The second-order valence-electron chi connectivity index (χ2n) is 6.18. The van der Waals surface area contributed by atoms with Crippen LogP contribution in [-0.2, 0) is 19.4 Å². The van der Waals surface area contributed by atoms with E-state index in [4.69, 9.17) is 9.47 Å². The van der Waals surface area contributed by atoms with Crippen LogP contribution >= 0.6 is 11.8 Å². The first-order valence-corrected chi connectivity index (χ1v) is 11.3. The summed E-state index contributed by atoms with van der Waals surface area (Å²) in [4.78, 5) is 24.5. The van der Waals surface area contributed by atoms with Crippen molar-refractivity contribution >= 4 is 44.8 Å². The molecule has 0 bridgehead atoms. The third-order valence-corrected chi connectivity index (χ3v) is 6.99. The van der Waals surface area contributed by atoms with Crippen LogP contribution in [0.25, 0.3) is 0 Å². The monoisotopic (exact) mass is 436 g/mol. The highest BCUT2D eigenvalue weighted by Gasteiger charge is 2.21. The summed E-state index contributed by atoms with van der Waals surface area (Å²) in [5, 5.41) is 5.35. The molecule has 3 rings (SSSR count). The number of rotatable bonds is 7. The number of benzene rings is 2. The lowest BCUT2D eigenvalue weighted by Gasteiger charge is -2.17. The average Bonchev–Trinajstić information content (AvgIpc) is 2.72. The van der Waals surface area contributed by atoms with Crippen LogP contribution in [0.1, 0.15) is 6.42 Å². The van der Waals surface area contributed by atoms with Gasteiger partial charge in [-0.25, -0.2) is 8.42 Å². The minimum atomic E-state index is -3.66. The van der Waals surface area contributed by atoms with Gasteiger partial charge < -0.3 is 20.1 Å². The Morgan fingerprint density at radius 1 is 1.17 bits per heavy atom. The number of carbonyl (C=O) groups excluding carboxylic acids is 2. The van der Waals surface area contributed by atoms with Crippen molar-refractivity contribution in [3.05, 3.63) is 36.4 Å². The Balaban J connectivity index is 1.66. The van der Waals surface area contributed by atoms with Crippen LogP contribution in [0.5, 0.6) is 11.5 Å². The van der Waals surface area contributed by atoms with E-state index in [0.29, 0.717) is 27.8 Å². The highest BCUT2D eigenvalue weighted by Crippen LogP contribution is 2.33. The number of thioether (sulfide) groups is 1. The summed E-state index contributed by atoms with van der Waals surface area (Å²) in [5.74, 6) is 0.314. The smallest absolute Gasteiger partial charge is 0.234 e. The lowest BCUT2D eigenvalue weighted by molar-refractivity contribution is -0.116. The fraction of sp³-hybridized carbons (Fsp3) is 0.263. The predicted molar refractivity (Wildman–Crippen MR) is 111 cm³/mol. The number of nitrogens with one attached hydrogen (secondary N) is 2. The lowest BCUT2D eigenvalue weighted by Crippen LogP contribution is -2.20. The van der Waals surface area contributed by atoms with Crippen LogP contribution in [0.3, 0.4) is 0 Å². The fourth-order valence-electron chi connectivity index (χ4n) is 2.71. The number of amides is 2. The minimum Gasteiger partial charge on any atom is -0.497 e. The first kappa shape index (κ1) is 21.0. The number of hydrogen-bond acceptors (Lipinski definition) is 7. The molecular formula is C19H20N2O6S2. The Morgan fingerprint density at radius 3 is 2.69 bits per heavy atom. The van der Waals surface area contributed by atoms with Crippen molar-refractivity contribution in [1.82, 2.24) is 0 Å². The Morgan fingerprint density at radius 2 is 1.97 bits per heavy atom. The highest BCUT2D eigenvalue weighted by molar-refractivity contribution is 8.00. The molecule has 1 aliphatic rings. The highest BCUT2D eigenvalue weighted by atomic mass is 32.2. The third-order valence-electron chi connectivity index (χ3n) is 4.23. The number of anilines is 2. The second-order valence-corrected chi connectivity index (χ2v) is 9.30. The van der Waals surface area contributed by atoms with E-state index >= 15 is 0 Å². The summed E-state index contributed by atoms with van der Waals surface area (Å²) in [5.41, 5.74) is 1.02. The van der Waals surface area contributed by atoms with Crippen molar-refractivity contribution in [2.45, 2.75) is 16.2 Å². The quantitative estimate of drug-likeness (QED) is 0.686. The zero-order chi connectivity index (χ0) is 21.0. The standard InChI is InChI=1S/C19H20N2O6S2/c1-26-12-3-5-14(16(9-12)27-2)20-18(22)7-8-29(24,25)13-4-6-15-17(10-13)28-11-19(23)21-15/h3-6,9-10H,7-8,11H2,1-2H3,(H,20,22)(H,21,23). The molecule has 0 saturated carbocycles. The van der Waals surface area contributed by atoms with Crippen molar-refractivity contribution in [3.8, 4) is 11.5 Å². The second kappa shape index (κ2) is 8.75. The number of hydrogen-bond donors (Lipinski definition) is 2. The summed E-state index contributed by atoms with van der Waals surface area (Å²) in [6.07, 6.45) is -0.210. The Kier molecular flexibility index (Phi) is 6.33. The predicted octanol–water partition coefficient (Wildman–Crippen LogP) is 2.55. The number of sulfone groups is 1. The Labute approximate surface area is 172 Å². The van der Waals surface area contributed by atoms with E-state index in [1.54, 1.807) is 24.3 Å². The van der Waals surface area contributed by atoms with Gasteiger partial charge in [0.2, 0.25) is 11.8 Å². The summed E-state index contributed by atoms with van der Waals surface area (Å²) in [6, 6.07) is 9.44. The maximum absolute atomic E-state index is 12.6. The molecular weight excluding hydrogens is 416 g/mol. The van der Waals surface area contributed by atoms with Crippen LogP contribution in [0.15, 0.2) is 46.2 Å². The molecule has 0 radical (unpaired) electrons. The third kappa shape index (κ3) is 5.01. The fourth-order valence-corrected chi connectivity index (χ4v) is 4.89. The van der Waals surface area contributed by atoms with E-state index in [2.05, 4.69) is 10.6 Å². The maximum atomic E-state index is 12.6. The molecule has 2 aromatic carbocycles. The molecule has 0 atom stereocenters. The molecule has 0 fully saturated rings. The van der Waals surface area contributed by atoms with Crippen molar-refractivity contribution in [2.24, 2.45) is 0 Å². The Bertz CT molecular complexity index is 1050. The first-order chi connectivity index (χ1) is 13.8. The first-order valence-electron chi connectivity index (χ1n) is 8.64. The number of ether oxygens (including phenoxy) is 2. The number of methoxy groups -OCH3 is 2. The van der Waals surface area contributed by atoms with Gasteiger partial charge in [-0.15, -0.1) is 11.8 Å². The molecule has 0 saturated heterocycles. The molecule has 0 unspecified atom stereocenters. The topological polar surface area (TPSA) is 111 Å². The minimum absolute atomic E-state index is 0.120. The number of fused-ring (bicyclic) bond motifs is 1.